The Bertz CT molecular complexity index is 1400. The van der Waals surface area contributed by atoms with Crippen molar-refractivity contribution in [3.05, 3.63) is 108 Å². The molecule has 9 heteroatoms. The Kier molecular flexibility index (Phi) is 10.2. The maximum atomic E-state index is 13.3. The van der Waals surface area contributed by atoms with Crippen molar-refractivity contribution in [2.24, 2.45) is 0 Å². The largest absolute Gasteiger partial charge is 0.493 e. The highest BCUT2D eigenvalue weighted by Crippen LogP contribution is 2.38. The number of rotatable bonds is 13. The lowest BCUT2D eigenvalue weighted by Crippen LogP contribution is -2.46. The van der Waals surface area contributed by atoms with E-state index < -0.39 is 17.9 Å². The molecule has 2 amide bonds. The lowest BCUT2D eigenvalue weighted by atomic mass is 10.1. The van der Waals surface area contributed by atoms with Gasteiger partial charge in [0.2, 0.25) is 11.7 Å². The van der Waals surface area contributed by atoms with Crippen molar-refractivity contribution >= 4 is 17.5 Å². The number of amides is 2. The molecule has 0 saturated heterocycles. The summed E-state index contributed by atoms with van der Waals surface area (Å²) in [4.78, 5) is 26.6. The normalized spacial score (nSPS) is 11.2. The first-order valence-corrected chi connectivity index (χ1v) is 12.9. The lowest BCUT2D eigenvalue weighted by Gasteiger charge is -2.20. The van der Waals surface area contributed by atoms with Gasteiger partial charge < -0.3 is 34.3 Å². The molecular weight excluding hydrogens is 524 g/mol. The van der Waals surface area contributed by atoms with Gasteiger partial charge in [0.05, 0.1) is 34.5 Å². The first-order valence-electron chi connectivity index (χ1n) is 12.9. The van der Waals surface area contributed by atoms with Crippen LogP contribution in [0.15, 0.2) is 97.1 Å². The Labute approximate surface area is 239 Å². The molecule has 4 aromatic carbocycles. The average molecular weight is 557 g/mol. The second-order valence-electron chi connectivity index (χ2n) is 8.87. The van der Waals surface area contributed by atoms with Crippen molar-refractivity contribution in [2.45, 2.75) is 12.6 Å². The molecule has 0 aromatic heterocycles. The third-order valence-electron chi connectivity index (χ3n) is 6.05. The van der Waals surface area contributed by atoms with Crippen LogP contribution in [-0.2, 0) is 16.1 Å². The fraction of sp³-hybridized carbons (Fsp3) is 0.188. The highest BCUT2D eigenvalue weighted by Gasteiger charge is 2.24. The smallest absolute Gasteiger partial charge is 0.252 e. The maximum absolute atomic E-state index is 13.3. The summed E-state index contributed by atoms with van der Waals surface area (Å²) < 4.78 is 27.7. The summed E-state index contributed by atoms with van der Waals surface area (Å²) in [5.41, 5.74) is 1.70. The van der Waals surface area contributed by atoms with E-state index in [1.807, 2.05) is 60.7 Å². The molecule has 0 spiro atoms. The second kappa shape index (κ2) is 14.4. The molecule has 0 aliphatic rings. The third kappa shape index (κ3) is 8.00. The van der Waals surface area contributed by atoms with E-state index in [1.165, 1.54) is 33.5 Å². The van der Waals surface area contributed by atoms with E-state index in [0.717, 1.165) is 5.56 Å². The van der Waals surface area contributed by atoms with Crippen molar-refractivity contribution in [1.29, 1.82) is 0 Å². The van der Waals surface area contributed by atoms with Crippen molar-refractivity contribution in [1.82, 2.24) is 5.32 Å². The van der Waals surface area contributed by atoms with E-state index in [0.29, 0.717) is 34.4 Å². The van der Waals surface area contributed by atoms with Gasteiger partial charge in [-0.3, -0.25) is 9.59 Å². The van der Waals surface area contributed by atoms with E-state index in [-0.39, 0.29) is 18.8 Å². The van der Waals surface area contributed by atoms with Crippen molar-refractivity contribution in [3.8, 4) is 28.7 Å². The highest BCUT2D eigenvalue weighted by atomic mass is 16.5. The molecule has 9 nitrogen and oxygen atoms in total. The Balaban J connectivity index is 1.48. The number of carbonyl (C=O) groups excluding carboxylic acids is 2. The summed E-state index contributed by atoms with van der Waals surface area (Å²) >= 11 is 0. The molecule has 0 radical (unpaired) electrons. The van der Waals surface area contributed by atoms with Gasteiger partial charge in [0.25, 0.3) is 5.91 Å². The van der Waals surface area contributed by atoms with Gasteiger partial charge in [-0.05, 0) is 54.1 Å². The molecule has 41 heavy (non-hydrogen) atoms. The number of benzene rings is 4. The van der Waals surface area contributed by atoms with Gasteiger partial charge in [-0.2, -0.15) is 0 Å². The maximum Gasteiger partial charge on any atom is 0.252 e. The molecule has 0 heterocycles. The quantitative estimate of drug-likeness (QED) is 0.225. The van der Waals surface area contributed by atoms with Crippen molar-refractivity contribution < 1.29 is 33.3 Å². The number of hydrogen-bond acceptors (Lipinski definition) is 7. The minimum absolute atomic E-state index is 0.0634. The summed E-state index contributed by atoms with van der Waals surface area (Å²) in [5, 5.41) is 5.61. The summed E-state index contributed by atoms with van der Waals surface area (Å²) in [6, 6.07) is 27.9. The zero-order chi connectivity index (χ0) is 29.0. The number of hydrogen-bond donors (Lipinski definition) is 2. The standard InChI is InChI=1S/C32H32N2O7/c1-37-28-18-23(19-29(38-2)30(28)39-3)31(35)34-27(21-40-20-22-10-6-4-7-11-22)32(36)33-24-14-16-26(17-15-24)41-25-12-8-5-9-13-25/h4-19,27H,20-21H2,1-3H3,(H,33,36)(H,34,35). The molecule has 1 unspecified atom stereocenters. The number of nitrogens with one attached hydrogen (secondary N) is 2. The van der Waals surface area contributed by atoms with Crippen molar-refractivity contribution in [3.63, 3.8) is 0 Å². The molecule has 4 rings (SSSR count). The summed E-state index contributed by atoms with van der Waals surface area (Å²) in [6.45, 7) is 0.211. The topological polar surface area (TPSA) is 104 Å². The Morgan fingerprint density at radius 1 is 0.732 bits per heavy atom. The van der Waals surface area contributed by atoms with Crippen LogP contribution in [0, 0.1) is 0 Å². The number of ether oxygens (including phenoxy) is 5. The Morgan fingerprint density at radius 2 is 1.32 bits per heavy atom. The van der Waals surface area contributed by atoms with Crippen LogP contribution >= 0.6 is 0 Å². The predicted octanol–water partition coefficient (Wildman–Crippen LogP) is 5.46. The molecule has 2 N–H and O–H groups in total. The summed E-state index contributed by atoms with van der Waals surface area (Å²) in [6.07, 6.45) is 0. The van der Waals surface area contributed by atoms with E-state index >= 15 is 0 Å². The van der Waals surface area contributed by atoms with Gasteiger partial charge in [-0.25, -0.2) is 0 Å². The van der Waals surface area contributed by atoms with Crippen LogP contribution in [0.3, 0.4) is 0 Å². The van der Waals surface area contributed by atoms with E-state index in [4.69, 9.17) is 23.7 Å². The average Bonchev–Trinajstić information content (AvgIpc) is 3.01. The summed E-state index contributed by atoms with van der Waals surface area (Å²) in [5.74, 6) is 1.34. The fourth-order valence-corrected chi connectivity index (χ4v) is 3.97. The molecular formula is C32H32N2O7. The van der Waals surface area contributed by atoms with Crippen LogP contribution in [0.2, 0.25) is 0 Å². The van der Waals surface area contributed by atoms with E-state index in [2.05, 4.69) is 10.6 Å². The molecule has 212 valence electrons. The number of carbonyl (C=O) groups is 2. The van der Waals surface area contributed by atoms with Gasteiger partial charge in [-0.1, -0.05) is 48.5 Å². The van der Waals surface area contributed by atoms with Crippen LogP contribution < -0.4 is 29.6 Å². The second-order valence-corrected chi connectivity index (χ2v) is 8.87. The Morgan fingerprint density at radius 3 is 1.90 bits per heavy atom. The first kappa shape index (κ1) is 29.0. The Hall–Kier alpha value is -5.02. The molecule has 4 aromatic rings. The highest BCUT2D eigenvalue weighted by molar-refractivity contribution is 6.01. The lowest BCUT2D eigenvalue weighted by molar-refractivity contribution is -0.119. The fourth-order valence-electron chi connectivity index (χ4n) is 3.97. The van der Waals surface area contributed by atoms with E-state index in [9.17, 15) is 9.59 Å². The predicted molar refractivity (Wildman–Crippen MR) is 155 cm³/mol. The molecule has 0 fully saturated rings. The van der Waals surface area contributed by atoms with Crippen LogP contribution in [0.4, 0.5) is 5.69 Å². The SMILES string of the molecule is COc1cc(C(=O)NC(COCc2ccccc2)C(=O)Nc2ccc(Oc3ccccc3)cc2)cc(OC)c1OC. The zero-order valence-corrected chi connectivity index (χ0v) is 23.1. The monoisotopic (exact) mass is 556 g/mol. The van der Waals surface area contributed by atoms with Crippen LogP contribution in [0.25, 0.3) is 0 Å². The molecule has 0 saturated carbocycles. The number of methoxy groups -OCH3 is 3. The van der Waals surface area contributed by atoms with Gasteiger partial charge in [-0.15, -0.1) is 0 Å². The minimum atomic E-state index is -1.01. The molecule has 1 atom stereocenters. The third-order valence-corrected chi connectivity index (χ3v) is 6.05. The van der Waals surface area contributed by atoms with Gasteiger partial charge >= 0.3 is 0 Å². The molecule has 0 aliphatic heterocycles. The van der Waals surface area contributed by atoms with E-state index in [1.54, 1.807) is 24.3 Å². The van der Waals surface area contributed by atoms with Crippen LogP contribution in [0.5, 0.6) is 28.7 Å². The zero-order valence-electron chi connectivity index (χ0n) is 23.1. The number of anilines is 1. The van der Waals surface area contributed by atoms with Crippen LogP contribution in [-0.4, -0.2) is 45.8 Å². The molecule has 0 bridgehead atoms. The minimum Gasteiger partial charge on any atom is -0.493 e. The van der Waals surface area contributed by atoms with Crippen molar-refractivity contribution in [2.75, 3.05) is 33.3 Å². The van der Waals surface area contributed by atoms with Gasteiger partial charge in [0.15, 0.2) is 11.5 Å². The summed E-state index contributed by atoms with van der Waals surface area (Å²) in [7, 11) is 4.40. The van der Waals surface area contributed by atoms with Gasteiger partial charge in [0.1, 0.15) is 17.5 Å². The molecule has 0 aliphatic carbocycles. The number of para-hydroxylation sites is 1. The first-order chi connectivity index (χ1) is 20.0. The van der Waals surface area contributed by atoms with Gasteiger partial charge in [0, 0.05) is 11.3 Å². The van der Waals surface area contributed by atoms with Crippen LogP contribution in [0.1, 0.15) is 15.9 Å².